The zero-order valence-corrected chi connectivity index (χ0v) is 22.0. The zero-order chi connectivity index (χ0) is 30.0. The molecule has 218 valence electrons. The molecular formula is C26H19F5N6O4S. The van der Waals surface area contributed by atoms with E-state index in [-0.39, 0.29) is 18.0 Å². The van der Waals surface area contributed by atoms with E-state index in [1.807, 2.05) is 22.9 Å². The Morgan fingerprint density at radius 2 is 1.55 bits per heavy atom. The Bertz CT molecular complexity index is 1870. The average Bonchev–Trinajstić information content (AvgIpc) is 3.35. The van der Waals surface area contributed by atoms with Gasteiger partial charge in [0.2, 0.25) is 28.5 Å². The van der Waals surface area contributed by atoms with Crippen molar-refractivity contribution in [1.29, 1.82) is 0 Å². The van der Waals surface area contributed by atoms with E-state index < -0.39 is 57.3 Å². The number of aromatic nitrogens is 4. The van der Waals surface area contributed by atoms with Crippen LogP contribution in [0, 0.1) is 23.3 Å². The zero-order valence-electron chi connectivity index (χ0n) is 21.2. The number of nitrogens with two attached hydrogens (primary N) is 1. The van der Waals surface area contributed by atoms with E-state index in [1.54, 1.807) is 36.4 Å². The lowest BCUT2D eigenvalue weighted by Crippen LogP contribution is -2.29. The molecule has 0 fully saturated rings. The van der Waals surface area contributed by atoms with Crippen LogP contribution in [0.15, 0.2) is 65.8 Å². The molecule has 5 rings (SSSR count). The maximum Gasteiger partial charge on any atom is 0.247 e. The van der Waals surface area contributed by atoms with Crippen LogP contribution in [-0.2, 0) is 16.6 Å². The molecule has 10 nitrogen and oxygen atoms in total. The first-order chi connectivity index (χ1) is 20.1. The van der Waals surface area contributed by atoms with Crippen molar-refractivity contribution in [3.63, 3.8) is 0 Å². The highest BCUT2D eigenvalue weighted by Gasteiger charge is 2.34. The van der Waals surface area contributed by atoms with E-state index in [1.165, 1.54) is 11.0 Å². The third kappa shape index (κ3) is 5.40. The molecular weight excluding hydrogens is 587 g/mol. The van der Waals surface area contributed by atoms with Gasteiger partial charge in [-0.2, -0.15) is 9.49 Å². The second-order valence-electron chi connectivity index (χ2n) is 8.53. The van der Waals surface area contributed by atoms with Crippen molar-refractivity contribution < 1.29 is 39.8 Å². The highest BCUT2D eigenvalue weighted by Crippen LogP contribution is 2.35. The highest BCUT2D eigenvalue weighted by molar-refractivity contribution is 7.89. The molecule has 0 aliphatic heterocycles. The van der Waals surface area contributed by atoms with Crippen LogP contribution in [0.2, 0.25) is 0 Å². The molecule has 2 aromatic heterocycles. The van der Waals surface area contributed by atoms with E-state index in [0.29, 0.717) is 28.1 Å². The molecule has 0 saturated carbocycles. The van der Waals surface area contributed by atoms with Gasteiger partial charge in [0.1, 0.15) is 29.3 Å². The first-order valence-electron chi connectivity index (χ1n) is 12.0. The lowest BCUT2D eigenvalue weighted by atomic mass is 10.1. The predicted molar refractivity (Wildman–Crippen MR) is 140 cm³/mol. The first kappa shape index (κ1) is 28.7. The number of ether oxygens (including phenoxy) is 2. The minimum atomic E-state index is -5.09. The van der Waals surface area contributed by atoms with Gasteiger partial charge >= 0.3 is 0 Å². The van der Waals surface area contributed by atoms with Crippen LogP contribution >= 0.6 is 0 Å². The summed E-state index contributed by atoms with van der Waals surface area (Å²) in [6.07, 6.45) is 1.17. The number of benzene rings is 3. The Labute approximate surface area is 234 Å². The molecule has 0 atom stereocenters. The lowest BCUT2D eigenvalue weighted by Gasteiger charge is -2.14. The molecule has 2 heterocycles. The maximum atomic E-state index is 14.4. The van der Waals surface area contributed by atoms with Gasteiger partial charge in [-0.05, 0) is 36.4 Å². The molecule has 0 unspecified atom stereocenters. The molecule has 0 amide bonds. The largest absolute Gasteiger partial charge is 0.458 e. The fourth-order valence-electron chi connectivity index (χ4n) is 4.07. The summed E-state index contributed by atoms with van der Waals surface area (Å²) >= 11 is 0. The molecule has 0 bridgehead atoms. The molecule has 5 aromatic rings. The molecule has 3 aromatic carbocycles. The van der Waals surface area contributed by atoms with Crippen molar-refractivity contribution in [2.75, 3.05) is 19.1 Å². The van der Waals surface area contributed by atoms with Crippen LogP contribution in [0.5, 0.6) is 17.2 Å². The summed E-state index contributed by atoms with van der Waals surface area (Å²) in [5.74, 6) is -9.64. The first-order valence-corrected chi connectivity index (χ1v) is 13.5. The number of hydrogen-bond acceptors (Lipinski definition) is 8. The average molecular weight is 607 g/mol. The number of halogens is 5. The normalized spacial score (nSPS) is 11.6. The number of nitrogens with zero attached hydrogens (tertiary/aromatic N) is 4. The van der Waals surface area contributed by atoms with Crippen molar-refractivity contribution in [3.05, 3.63) is 84.2 Å². The SMILES string of the molecule is Nc1ncnc2c1c(-c1ccc(Oc3ccccc3)cc1)nn2CCNS(=O)(=O)c1c(F)c(F)c(F)c(F)c1OCF. The highest BCUT2D eigenvalue weighted by atomic mass is 32.2. The third-order valence-electron chi connectivity index (χ3n) is 5.93. The number of sulfonamides is 1. The predicted octanol–water partition coefficient (Wildman–Crippen LogP) is 4.71. The minimum absolute atomic E-state index is 0.0822. The summed E-state index contributed by atoms with van der Waals surface area (Å²) in [4.78, 5) is 6.42. The second kappa shape index (κ2) is 11.6. The van der Waals surface area contributed by atoms with Crippen LogP contribution in [0.4, 0.5) is 27.8 Å². The Morgan fingerprint density at radius 3 is 2.24 bits per heavy atom. The Hall–Kier alpha value is -4.83. The quantitative estimate of drug-likeness (QED) is 0.133. The Balaban J connectivity index is 1.41. The number of para-hydroxylation sites is 1. The van der Waals surface area contributed by atoms with Gasteiger partial charge in [0.25, 0.3) is 0 Å². The van der Waals surface area contributed by atoms with E-state index >= 15 is 0 Å². The molecule has 0 saturated heterocycles. The van der Waals surface area contributed by atoms with Gasteiger partial charge < -0.3 is 15.2 Å². The van der Waals surface area contributed by atoms with Gasteiger partial charge in [-0.3, -0.25) is 0 Å². The third-order valence-corrected chi connectivity index (χ3v) is 7.42. The second-order valence-corrected chi connectivity index (χ2v) is 10.2. The van der Waals surface area contributed by atoms with Gasteiger partial charge in [0, 0.05) is 12.1 Å². The van der Waals surface area contributed by atoms with Crippen molar-refractivity contribution in [1.82, 2.24) is 24.5 Å². The smallest absolute Gasteiger partial charge is 0.247 e. The summed E-state index contributed by atoms with van der Waals surface area (Å²) in [5, 5.41) is 4.82. The van der Waals surface area contributed by atoms with E-state index in [4.69, 9.17) is 10.5 Å². The van der Waals surface area contributed by atoms with Crippen LogP contribution in [-0.4, -0.2) is 41.6 Å². The number of rotatable bonds is 10. The Kier molecular flexibility index (Phi) is 7.91. The van der Waals surface area contributed by atoms with Gasteiger partial charge in [0.05, 0.1) is 11.9 Å². The van der Waals surface area contributed by atoms with Gasteiger partial charge in [-0.25, -0.2) is 45.4 Å². The minimum Gasteiger partial charge on any atom is -0.458 e. The van der Waals surface area contributed by atoms with Crippen molar-refractivity contribution in [2.24, 2.45) is 0 Å². The van der Waals surface area contributed by atoms with Crippen LogP contribution in [0.3, 0.4) is 0 Å². The van der Waals surface area contributed by atoms with Crippen LogP contribution in [0.1, 0.15) is 0 Å². The molecule has 42 heavy (non-hydrogen) atoms. The molecule has 0 radical (unpaired) electrons. The van der Waals surface area contributed by atoms with Gasteiger partial charge in [0.15, 0.2) is 27.9 Å². The number of alkyl halides is 1. The van der Waals surface area contributed by atoms with Crippen LogP contribution in [0.25, 0.3) is 22.3 Å². The summed E-state index contributed by atoms with van der Waals surface area (Å²) in [7, 11) is -5.09. The molecule has 16 heteroatoms. The standard InChI is InChI=1S/C26H19F5N6O4S/c27-12-40-23-20(30)18(28)19(29)21(31)24(23)42(38,39)35-10-11-37-26-17(25(32)33-13-34-26)22(36-37)14-6-8-16(9-7-14)41-15-4-2-1-3-5-15/h1-9,13,35H,10-12H2,(H2,32,33,34). The summed E-state index contributed by atoms with van der Waals surface area (Å²) in [5.41, 5.74) is 7.25. The number of hydrogen-bond donors (Lipinski definition) is 2. The summed E-state index contributed by atoms with van der Waals surface area (Å²) in [6.45, 7) is -2.61. The molecule has 0 aliphatic rings. The van der Waals surface area contributed by atoms with E-state index in [0.717, 1.165) is 0 Å². The number of nitrogens with one attached hydrogen (secondary N) is 1. The van der Waals surface area contributed by atoms with Crippen molar-refractivity contribution in [2.45, 2.75) is 11.4 Å². The maximum absolute atomic E-state index is 14.4. The molecule has 0 spiro atoms. The molecule has 0 aliphatic carbocycles. The fraction of sp³-hybridized carbons (Fsp3) is 0.115. The summed E-state index contributed by atoms with van der Waals surface area (Å²) in [6, 6.07) is 15.9. The Morgan fingerprint density at radius 1 is 0.881 bits per heavy atom. The number of fused-ring (bicyclic) bond motifs is 1. The van der Waals surface area contributed by atoms with Gasteiger partial charge in [-0.1, -0.05) is 18.2 Å². The monoisotopic (exact) mass is 606 g/mol. The number of anilines is 1. The van der Waals surface area contributed by atoms with Crippen molar-refractivity contribution in [3.8, 4) is 28.5 Å². The number of nitrogen functional groups attached to an aromatic ring is 1. The molecule has 3 N–H and O–H groups in total. The van der Waals surface area contributed by atoms with Crippen LogP contribution < -0.4 is 19.9 Å². The summed E-state index contributed by atoms with van der Waals surface area (Å²) < 4.78 is 107. The van der Waals surface area contributed by atoms with E-state index in [9.17, 15) is 30.4 Å². The van der Waals surface area contributed by atoms with E-state index in [2.05, 4.69) is 19.8 Å². The fourth-order valence-corrected chi connectivity index (χ4v) is 5.29. The lowest BCUT2D eigenvalue weighted by molar-refractivity contribution is 0.173. The van der Waals surface area contributed by atoms with Gasteiger partial charge in [-0.15, -0.1) is 0 Å². The van der Waals surface area contributed by atoms with Crippen molar-refractivity contribution >= 4 is 26.9 Å². The topological polar surface area (TPSA) is 134 Å².